The molecule has 4 rings (SSSR count). The number of fused-ring (bicyclic) bond motifs is 1. The summed E-state index contributed by atoms with van der Waals surface area (Å²) in [5, 5.41) is 0. The van der Waals surface area contributed by atoms with Crippen molar-refractivity contribution in [2.24, 2.45) is 11.8 Å². The van der Waals surface area contributed by atoms with E-state index in [4.69, 9.17) is 17.2 Å². The van der Waals surface area contributed by atoms with E-state index in [0.717, 1.165) is 32.4 Å². The Balaban J connectivity index is 1.63. The molecule has 8 heteroatoms. The molecule has 4 heterocycles. The Hall–Kier alpha value is -2.19. The van der Waals surface area contributed by atoms with Crippen LogP contribution in [0.3, 0.4) is 0 Å². The van der Waals surface area contributed by atoms with Crippen LogP contribution in [0.4, 0.5) is 5.82 Å². The van der Waals surface area contributed by atoms with Gasteiger partial charge in [0.2, 0.25) is 0 Å². The summed E-state index contributed by atoms with van der Waals surface area (Å²) in [6.07, 6.45) is 11.6. The fraction of sp³-hybridized carbons (Fsp3) is 0.556. The van der Waals surface area contributed by atoms with Crippen LogP contribution in [0.2, 0.25) is 0 Å². The smallest absolute Gasteiger partial charge is 0.267 e. The Labute approximate surface area is 217 Å². The molecule has 2 saturated heterocycles. The van der Waals surface area contributed by atoms with Crippen molar-refractivity contribution in [3.8, 4) is 0 Å². The quantitative estimate of drug-likeness (QED) is 0.243. The minimum atomic E-state index is -0.155. The summed E-state index contributed by atoms with van der Waals surface area (Å²) in [6, 6.07) is 5.57. The van der Waals surface area contributed by atoms with E-state index in [-0.39, 0.29) is 11.5 Å². The van der Waals surface area contributed by atoms with Gasteiger partial charge < -0.3 is 4.90 Å². The van der Waals surface area contributed by atoms with Crippen molar-refractivity contribution in [2.45, 2.75) is 65.7 Å². The van der Waals surface area contributed by atoms with Crippen LogP contribution in [0.1, 0.15) is 71.3 Å². The molecule has 2 aliphatic rings. The molecule has 0 aromatic carbocycles. The molecule has 1 amide bonds. The second-order valence-electron chi connectivity index (χ2n) is 10.0. The zero-order chi connectivity index (χ0) is 24.9. The predicted octanol–water partition coefficient (Wildman–Crippen LogP) is 5.74. The summed E-state index contributed by atoms with van der Waals surface area (Å²) < 4.78 is 2.13. The summed E-state index contributed by atoms with van der Waals surface area (Å²) in [6.45, 7) is 9.02. The highest BCUT2D eigenvalue weighted by atomic mass is 32.2. The van der Waals surface area contributed by atoms with E-state index in [9.17, 15) is 9.59 Å². The van der Waals surface area contributed by atoms with Gasteiger partial charge in [-0.2, -0.15) is 0 Å². The number of anilines is 1. The zero-order valence-electron chi connectivity index (χ0n) is 21.0. The third kappa shape index (κ3) is 5.97. The van der Waals surface area contributed by atoms with Crippen molar-refractivity contribution in [1.29, 1.82) is 0 Å². The number of hydrogen-bond acceptors (Lipinski definition) is 6. The van der Waals surface area contributed by atoms with Crippen molar-refractivity contribution >= 4 is 51.7 Å². The number of nitrogens with zero attached hydrogens (tertiary/aromatic N) is 4. The number of thiocarbonyl (C=S) groups is 1. The van der Waals surface area contributed by atoms with Crippen LogP contribution in [0, 0.1) is 11.8 Å². The van der Waals surface area contributed by atoms with Gasteiger partial charge in [-0.15, -0.1) is 0 Å². The van der Waals surface area contributed by atoms with Crippen molar-refractivity contribution in [1.82, 2.24) is 14.3 Å². The lowest BCUT2D eigenvalue weighted by Crippen LogP contribution is -2.40. The highest BCUT2D eigenvalue weighted by Gasteiger charge is 2.33. The molecule has 0 spiro atoms. The van der Waals surface area contributed by atoms with Gasteiger partial charge in [0.15, 0.2) is 0 Å². The Morgan fingerprint density at radius 1 is 1.09 bits per heavy atom. The van der Waals surface area contributed by atoms with Gasteiger partial charge in [-0.1, -0.05) is 82.9 Å². The van der Waals surface area contributed by atoms with Crippen molar-refractivity contribution in [3.05, 3.63) is 45.2 Å². The van der Waals surface area contributed by atoms with Gasteiger partial charge in [-0.25, -0.2) is 4.98 Å². The lowest BCUT2D eigenvalue weighted by Gasteiger charge is -2.36. The molecule has 0 unspecified atom stereocenters. The summed E-state index contributed by atoms with van der Waals surface area (Å²) in [4.78, 5) is 36.2. The van der Waals surface area contributed by atoms with Crippen LogP contribution < -0.4 is 10.5 Å². The number of amides is 1. The Morgan fingerprint density at radius 3 is 2.54 bits per heavy atom. The molecule has 0 saturated carbocycles. The fourth-order valence-electron chi connectivity index (χ4n) is 5.17. The maximum Gasteiger partial charge on any atom is 0.267 e. The van der Waals surface area contributed by atoms with Crippen LogP contribution in [-0.4, -0.2) is 44.1 Å². The number of unbranched alkanes of at least 4 members (excludes halogenated alkanes) is 5. The van der Waals surface area contributed by atoms with Gasteiger partial charge in [0.1, 0.15) is 15.8 Å². The van der Waals surface area contributed by atoms with E-state index >= 15 is 0 Å². The first-order valence-corrected chi connectivity index (χ1v) is 14.1. The largest absolute Gasteiger partial charge is 0.355 e. The van der Waals surface area contributed by atoms with E-state index in [1.54, 1.807) is 21.6 Å². The van der Waals surface area contributed by atoms with Crippen LogP contribution in [0.15, 0.2) is 34.1 Å². The van der Waals surface area contributed by atoms with Gasteiger partial charge in [0.25, 0.3) is 11.5 Å². The Kier molecular flexibility index (Phi) is 8.65. The minimum Gasteiger partial charge on any atom is -0.355 e. The molecule has 2 atom stereocenters. The molecular weight excluding hydrogens is 476 g/mol. The van der Waals surface area contributed by atoms with Crippen molar-refractivity contribution in [2.75, 3.05) is 24.5 Å². The highest BCUT2D eigenvalue weighted by Crippen LogP contribution is 2.34. The molecule has 2 aromatic rings. The van der Waals surface area contributed by atoms with E-state index < -0.39 is 0 Å². The molecule has 0 radical (unpaired) electrons. The molecular formula is C27H36N4O2S2. The SMILES string of the molecule is CCCCCCCCN1C(=O)/C(=C/c2c(N3C[C@H](C)C[C@H](C)C3)nc3ccccn3c2=O)SC1=S. The van der Waals surface area contributed by atoms with Crippen LogP contribution in [-0.2, 0) is 4.79 Å². The van der Waals surface area contributed by atoms with Crippen molar-refractivity contribution < 1.29 is 4.79 Å². The summed E-state index contributed by atoms with van der Waals surface area (Å²) in [7, 11) is 0. The maximum atomic E-state index is 13.6. The third-order valence-electron chi connectivity index (χ3n) is 6.80. The Morgan fingerprint density at radius 2 is 1.80 bits per heavy atom. The normalized spacial score (nSPS) is 22.1. The van der Waals surface area contributed by atoms with Gasteiger partial charge in [-0.3, -0.25) is 18.9 Å². The standard InChI is InChI=1S/C27H36N4O2S2/c1-4-5-6-7-8-10-14-31-26(33)22(35-27(31)34)16-21-24(29-17-19(2)15-20(3)18-29)28-23-12-9-11-13-30(23)25(21)32/h9,11-13,16,19-20H,4-8,10,14-15,17-18H2,1-3H3/b22-16-/t19-,20+. The number of hydrogen-bond donors (Lipinski definition) is 0. The molecule has 0 N–H and O–H groups in total. The number of carbonyl (C=O) groups is 1. The molecule has 2 aliphatic heterocycles. The first-order valence-electron chi connectivity index (χ1n) is 12.9. The number of pyridine rings is 1. The van der Waals surface area contributed by atoms with E-state index in [0.29, 0.717) is 44.6 Å². The fourth-order valence-corrected chi connectivity index (χ4v) is 6.46. The second-order valence-corrected chi connectivity index (χ2v) is 11.7. The third-order valence-corrected chi connectivity index (χ3v) is 8.18. The first kappa shape index (κ1) is 25.9. The monoisotopic (exact) mass is 512 g/mol. The summed E-state index contributed by atoms with van der Waals surface area (Å²) in [5.41, 5.74) is 0.930. The van der Waals surface area contributed by atoms with Crippen LogP contribution in [0.25, 0.3) is 11.7 Å². The predicted molar refractivity (Wildman–Crippen MR) is 150 cm³/mol. The first-order chi connectivity index (χ1) is 16.9. The van der Waals surface area contributed by atoms with E-state index in [2.05, 4.69) is 25.7 Å². The highest BCUT2D eigenvalue weighted by molar-refractivity contribution is 8.26. The molecule has 2 fully saturated rings. The number of piperidine rings is 1. The van der Waals surface area contributed by atoms with Gasteiger partial charge in [0, 0.05) is 25.8 Å². The minimum absolute atomic E-state index is 0.0996. The van der Waals surface area contributed by atoms with Crippen LogP contribution in [0.5, 0.6) is 0 Å². The molecule has 0 bridgehead atoms. The van der Waals surface area contributed by atoms with Crippen LogP contribution >= 0.6 is 24.0 Å². The molecule has 35 heavy (non-hydrogen) atoms. The number of thioether (sulfide) groups is 1. The summed E-state index contributed by atoms with van der Waals surface area (Å²) >= 11 is 6.84. The average molecular weight is 513 g/mol. The summed E-state index contributed by atoms with van der Waals surface area (Å²) in [5.74, 6) is 1.59. The van der Waals surface area contributed by atoms with E-state index in [1.807, 2.05) is 18.2 Å². The second kappa shape index (κ2) is 11.7. The van der Waals surface area contributed by atoms with Crippen molar-refractivity contribution in [3.63, 3.8) is 0 Å². The molecule has 6 nitrogen and oxygen atoms in total. The van der Waals surface area contributed by atoms with E-state index in [1.165, 1.54) is 37.4 Å². The molecule has 2 aromatic heterocycles. The lowest BCUT2D eigenvalue weighted by molar-refractivity contribution is -0.122. The average Bonchev–Trinajstić information content (AvgIpc) is 3.09. The number of aromatic nitrogens is 2. The van der Waals surface area contributed by atoms with Gasteiger partial charge in [0.05, 0.1) is 10.5 Å². The number of carbonyl (C=O) groups excluding carboxylic acids is 1. The zero-order valence-corrected chi connectivity index (χ0v) is 22.7. The maximum absolute atomic E-state index is 13.6. The number of rotatable bonds is 9. The topological polar surface area (TPSA) is 57.9 Å². The van der Waals surface area contributed by atoms with Gasteiger partial charge >= 0.3 is 0 Å². The molecule has 0 aliphatic carbocycles. The van der Waals surface area contributed by atoms with Gasteiger partial charge in [-0.05, 0) is 42.9 Å². The lowest BCUT2D eigenvalue weighted by atomic mass is 9.91. The molecule has 188 valence electrons. The Bertz CT molecular complexity index is 1170.